The van der Waals surface area contributed by atoms with E-state index in [1.807, 2.05) is 32.0 Å². The van der Waals surface area contributed by atoms with Crippen LogP contribution in [-0.2, 0) is 4.79 Å². The van der Waals surface area contributed by atoms with Gasteiger partial charge in [-0.15, -0.1) is 0 Å². The number of carbonyl (C=O) groups excluding carboxylic acids is 1. The first-order valence-corrected chi connectivity index (χ1v) is 7.81. The van der Waals surface area contributed by atoms with Gasteiger partial charge in [-0.3, -0.25) is 9.69 Å². The zero-order valence-corrected chi connectivity index (χ0v) is 13.5. The molecule has 116 valence electrons. The molecule has 1 aromatic carbocycles. The Bertz CT molecular complexity index is 515. The van der Waals surface area contributed by atoms with E-state index in [2.05, 4.69) is 24.1 Å². The van der Waals surface area contributed by atoms with Crippen molar-refractivity contribution in [3.05, 3.63) is 23.8 Å². The number of likely N-dealkylation sites (tertiary alicyclic amines) is 1. The minimum absolute atomic E-state index is 0.0464. The molecule has 3 atom stereocenters. The molecule has 3 unspecified atom stereocenters. The van der Waals surface area contributed by atoms with Gasteiger partial charge in [-0.2, -0.15) is 0 Å². The van der Waals surface area contributed by atoms with Gasteiger partial charge in [-0.1, -0.05) is 13.0 Å². The molecule has 1 amide bonds. The summed E-state index contributed by atoms with van der Waals surface area (Å²) in [6, 6.07) is 5.96. The lowest BCUT2D eigenvalue weighted by Crippen LogP contribution is -2.50. The lowest BCUT2D eigenvalue weighted by atomic mass is 9.92. The second-order valence-electron chi connectivity index (χ2n) is 6.40. The second-order valence-corrected chi connectivity index (χ2v) is 6.40. The van der Waals surface area contributed by atoms with Crippen molar-refractivity contribution >= 4 is 17.3 Å². The van der Waals surface area contributed by atoms with E-state index in [-0.39, 0.29) is 11.9 Å². The highest BCUT2D eigenvalue weighted by molar-refractivity contribution is 5.95. The van der Waals surface area contributed by atoms with Crippen LogP contribution in [0.5, 0.6) is 0 Å². The normalized spacial score (nSPS) is 24.6. The highest BCUT2D eigenvalue weighted by Gasteiger charge is 2.30. The molecule has 0 radical (unpaired) electrons. The molecule has 4 nitrogen and oxygen atoms in total. The lowest BCUT2D eigenvalue weighted by Gasteiger charge is -2.39. The summed E-state index contributed by atoms with van der Waals surface area (Å²) in [5.74, 6) is 0.799. The average molecular weight is 289 g/mol. The van der Waals surface area contributed by atoms with E-state index in [1.165, 1.54) is 6.42 Å². The number of anilines is 2. The molecular formula is C17H27N3O. The van der Waals surface area contributed by atoms with E-state index >= 15 is 0 Å². The smallest absolute Gasteiger partial charge is 0.241 e. The number of benzene rings is 1. The van der Waals surface area contributed by atoms with Gasteiger partial charge in [0, 0.05) is 17.4 Å². The molecule has 0 bridgehead atoms. The molecule has 0 spiro atoms. The van der Waals surface area contributed by atoms with Gasteiger partial charge in [0.05, 0.1) is 6.04 Å². The maximum Gasteiger partial charge on any atom is 0.241 e. The Morgan fingerprint density at radius 3 is 2.81 bits per heavy atom. The first-order chi connectivity index (χ1) is 9.90. The van der Waals surface area contributed by atoms with Gasteiger partial charge >= 0.3 is 0 Å². The first kappa shape index (κ1) is 15.8. The van der Waals surface area contributed by atoms with E-state index < -0.39 is 0 Å². The molecule has 1 aromatic rings. The predicted molar refractivity (Wildman–Crippen MR) is 88.2 cm³/mol. The fourth-order valence-corrected chi connectivity index (χ4v) is 3.18. The summed E-state index contributed by atoms with van der Waals surface area (Å²) >= 11 is 0. The molecule has 0 aliphatic carbocycles. The number of piperidine rings is 1. The molecule has 1 heterocycles. The molecule has 0 saturated carbocycles. The number of hydrogen-bond donors (Lipinski definition) is 2. The third-order valence-corrected chi connectivity index (χ3v) is 4.70. The highest BCUT2D eigenvalue weighted by atomic mass is 16.2. The summed E-state index contributed by atoms with van der Waals surface area (Å²) in [7, 11) is 0. The van der Waals surface area contributed by atoms with Gasteiger partial charge in [0.15, 0.2) is 0 Å². The Morgan fingerprint density at radius 2 is 2.14 bits per heavy atom. The Hall–Kier alpha value is -1.55. The summed E-state index contributed by atoms with van der Waals surface area (Å²) in [5.41, 5.74) is 8.34. The Kier molecular flexibility index (Phi) is 4.88. The Morgan fingerprint density at radius 1 is 1.43 bits per heavy atom. The third kappa shape index (κ3) is 3.56. The maximum atomic E-state index is 12.5. The molecule has 0 aromatic heterocycles. The predicted octanol–water partition coefficient (Wildman–Crippen LogP) is 3.02. The van der Waals surface area contributed by atoms with Gasteiger partial charge in [0.1, 0.15) is 0 Å². The molecule has 1 aliphatic heterocycles. The van der Waals surface area contributed by atoms with Gasteiger partial charge in [0.25, 0.3) is 0 Å². The number of rotatable bonds is 3. The van der Waals surface area contributed by atoms with E-state index in [1.54, 1.807) is 0 Å². The van der Waals surface area contributed by atoms with E-state index in [4.69, 9.17) is 5.73 Å². The van der Waals surface area contributed by atoms with Crippen molar-refractivity contribution in [2.24, 2.45) is 5.92 Å². The van der Waals surface area contributed by atoms with Crippen LogP contribution in [0, 0.1) is 12.8 Å². The summed E-state index contributed by atoms with van der Waals surface area (Å²) < 4.78 is 0. The molecular weight excluding hydrogens is 262 g/mol. The van der Waals surface area contributed by atoms with Crippen molar-refractivity contribution in [1.82, 2.24) is 4.90 Å². The van der Waals surface area contributed by atoms with Gasteiger partial charge in [0.2, 0.25) is 5.91 Å². The highest BCUT2D eigenvalue weighted by Crippen LogP contribution is 2.25. The van der Waals surface area contributed by atoms with Crippen LogP contribution in [0.4, 0.5) is 11.4 Å². The minimum atomic E-state index is -0.117. The Labute approximate surface area is 127 Å². The number of nitrogens with one attached hydrogen (secondary N) is 1. The molecule has 1 fully saturated rings. The number of amides is 1. The number of carbonyl (C=O) groups is 1. The lowest BCUT2D eigenvalue weighted by molar-refractivity contribution is -0.122. The van der Waals surface area contributed by atoms with Crippen LogP contribution in [0.25, 0.3) is 0 Å². The molecule has 1 saturated heterocycles. The van der Waals surface area contributed by atoms with Crippen LogP contribution in [0.1, 0.15) is 39.2 Å². The standard InChI is InChI=1S/C17H27N3O/c1-11-8-9-20(12(2)10-11)14(4)17(21)19-16-7-5-6-15(18)13(16)3/h5-7,11-12,14H,8-10,18H2,1-4H3,(H,19,21). The van der Waals surface area contributed by atoms with E-state index in [0.717, 1.165) is 30.1 Å². The number of hydrogen-bond acceptors (Lipinski definition) is 3. The maximum absolute atomic E-state index is 12.5. The van der Waals surface area contributed by atoms with Crippen molar-refractivity contribution in [2.75, 3.05) is 17.6 Å². The average Bonchev–Trinajstić information content (AvgIpc) is 2.43. The van der Waals surface area contributed by atoms with Crippen molar-refractivity contribution in [2.45, 2.75) is 52.6 Å². The summed E-state index contributed by atoms with van der Waals surface area (Å²) in [6.45, 7) is 9.41. The van der Waals surface area contributed by atoms with E-state index in [9.17, 15) is 4.79 Å². The van der Waals surface area contributed by atoms with E-state index in [0.29, 0.717) is 11.7 Å². The fraction of sp³-hybridized carbons (Fsp3) is 0.588. The monoisotopic (exact) mass is 289 g/mol. The number of nitrogens with two attached hydrogens (primary N) is 1. The van der Waals surface area contributed by atoms with Crippen LogP contribution < -0.4 is 11.1 Å². The fourth-order valence-electron chi connectivity index (χ4n) is 3.18. The topological polar surface area (TPSA) is 58.4 Å². The Balaban J connectivity index is 2.04. The first-order valence-electron chi connectivity index (χ1n) is 7.81. The molecule has 2 rings (SSSR count). The summed E-state index contributed by atoms with van der Waals surface area (Å²) in [6.07, 6.45) is 2.33. The van der Waals surface area contributed by atoms with Crippen LogP contribution in [0.2, 0.25) is 0 Å². The molecule has 3 N–H and O–H groups in total. The second kappa shape index (κ2) is 6.48. The van der Waals surface area contributed by atoms with Crippen molar-refractivity contribution < 1.29 is 4.79 Å². The zero-order chi connectivity index (χ0) is 15.6. The van der Waals surface area contributed by atoms with Gasteiger partial charge in [-0.05, 0) is 63.8 Å². The summed E-state index contributed by atoms with van der Waals surface area (Å²) in [5, 5.41) is 3.02. The van der Waals surface area contributed by atoms with Crippen molar-refractivity contribution in [1.29, 1.82) is 0 Å². The quantitative estimate of drug-likeness (QED) is 0.841. The summed E-state index contributed by atoms with van der Waals surface area (Å²) in [4.78, 5) is 14.8. The number of nitrogen functional groups attached to an aromatic ring is 1. The van der Waals surface area contributed by atoms with Crippen molar-refractivity contribution in [3.8, 4) is 0 Å². The minimum Gasteiger partial charge on any atom is -0.398 e. The number of nitrogens with zero attached hydrogens (tertiary/aromatic N) is 1. The van der Waals surface area contributed by atoms with Crippen LogP contribution in [0.3, 0.4) is 0 Å². The SMILES string of the molecule is Cc1c(N)cccc1NC(=O)C(C)N1CCC(C)CC1C. The van der Waals surface area contributed by atoms with Gasteiger partial charge < -0.3 is 11.1 Å². The zero-order valence-electron chi connectivity index (χ0n) is 13.5. The molecule has 21 heavy (non-hydrogen) atoms. The molecule has 1 aliphatic rings. The van der Waals surface area contributed by atoms with Crippen LogP contribution >= 0.6 is 0 Å². The third-order valence-electron chi connectivity index (χ3n) is 4.70. The van der Waals surface area contributed by atoms with Crippen molar-refractivity contribution in [3.63, 3.8) is 0 Å². The van der Waals surface area contributed by atoms with Gasteiger partial charge in [-0.25, -0.2) is 0 Å². The molecule has 4 heteroatoms. The van der Waals surface area contributed by atoms with Crippen LogP contribution in [-0.4, -0.2) is 29.4 Å². The largest absolute Gasteiger partial charge is 0.398 e. The van der Waals surface area contributed by atoms with Crippen LogP contribution in [0.15, 0.2) is 18.2 Å².